The monoisotopic (exact) mass is 389 g/mol. The molecule has 0 amide bonds. The van der Waals surface area contributed by atoms with E-state index in [9.17, 15) is 9.59 Å². The van der Waals surface area contributed by atoms with Crippen LogP contribution in [0.1, 0.15) is 25.0 Å². The number of anilines is 1. The lowest BCUT2D eigenvalue weighted by molar-refractivity contribution is -0.116. The number of ketones is 1. The highest BCUT2D eigenvalue weighted by Gasteiger charge is 2.38. The van der Waals surface area contributed by atoms with E-state index in [1.807, 2.05) is 32.2 Å². The third-order valence-electron chi connectivity index (χ3n) is 5.54. The molecule has 4 rings (SSSR count). The molecule has 3 aromatic rings. The van der Waals surface area contributed by atoms with E-state index < -0.39 is 5.63 Å². The lowest BCUT2D eigenvalue weighted by atomic mass is 9.83. The van der Waals surface area contributed by atoms with E-state index in [0.29, 0.717) is 11.3 Å². The molecule has 0 aliphatic carbocycles. The Morgan fingerprint density at radius 1 is 1.17 bits per heavy atom. The van der Waals surface area contributed by atoms with Crippen molar-refractivity contribution in [1.29, 1.82) is 0 Å². The van der Waals surface area contributed by atoms with Gasteiger partial charge in [-0.15, -0.1) is 0 Å². The lowest BCUT2D eigenvalue weighted by Crippen LogP contribution is -2.25. The lowest BCUT2D eigenvalue weighted by Gasteiger charge is -2.23. The number of rotatable bonds is 4. The molecule has 5 heteroatoms. The quantitative estimate of drug-likeness (QED) is 0.490. The third-order valence-corrected chi connectivity index (χ3v) is 5.54. The van der Waals surface area contributed by atoms with Gasteiger partial charge in [-0.3, -0.25) is 4.79 Å². The van der Waals surface area contributed by atoms with Gasteiger partial charge in [0.15, 0.2) is 12.4 Å². The first-order chi connectivity index (χ1) is 13.8. The molecule has 0 radical (unpaired) electrons. The summed E-state index contributed by atoms with van der Waals surface area (Å²) in [5.41, 5.74) is 3.87. The first-order valence-electron chi connectivity index (χ1n) is 9.53. The van der Waals surface area contributed by atoms with Crippen LogP contribution in [-0.4, -0.2) is 19.4 Å². The average Bonchev–Trinajstić information content (AvgIpc) is 2.87. The van der Waals surface area contributed by atoms with Crippen LogP contribution < -0.4 is 15.3 Å². The highest BCUT2D eigenvalue weighted by Crippen LogP contribution is 2.46. The average molecular weight is 389 g/mol. The molecule has 1 aliphatic rings. The Hall–Kier alpha value is -3.34. The zero-order valence-electron chi connectivity index (χ0n) is 17.0. The van der Waals surface area contributed by atoms with Crippen LogP contribution in [0.3, 0.4) is 0 Å². The molecule has 0 atom stereocenters. The van der Waals surface area contributed by atoms with Crippen molar-refractivity contribution in [3.8, 4) is 5.75 Å². The Bertz CT molecular complexity index is 1200. The maximum absolute atomic E-state index is 12.6. The van der Waals surface area contributed by atoms with Crippen molar-refractivity contribution < 1.29 is 13.9 Å². The Morgan fingerprint density at radius 3 is 2.69 bits per heavy atom. The normalized spacial score (nSPS) is 16.3. The molecule has 1 aliphatic heterocycles. The van der Waals surface area contributed by atoms with Gasteiger partial charge in [-0.25, -0.2) is 4.79 Å². The topological polar surface area (TPSA) is 59.8 Å². The van der Waals surface area contributed by atoms with Gasteiger partial charge in [-0.2, -0.15) is 0 Å². The molecule has 0 bridgehead atoms. The minimum Gasteiger partial charge on any atom is -0.485 e. The summed E-state index contributed by atoms with van der Waals surface area (Å²) < 4.78 is 10.9. The van der Waals surface area contributed by atoms with Crippen molar-refractivity contribution >= 4 is 22.4 Å². The van der Waals surface area contributed by atoms with Crippen LogP contribution in [0.4, 0.5) is 5.69 Å². The number of nitrogens with zero attached hydrogens (tertiary/aromatic N) is 1. The standard InChI is InChI=1S/C24H23NO4/c1-15-11-23(27)29-21-13-17(9-10-18(15)21)28-14-16(26)12-22-24(2,3)19-7-5-6-8-20(19)25(22)4/h5-13H,14H2,1-4H3/b22-12+. The number of carbonyl (C=O) groups is 1. The predicted octanol–water partition coefficient (Wildman–Crippen LogP) is 4.36. The summed E-state index contributed by atoms with van der Waals surface area (Å²) >= 11 is 0. The largest absolute Gasteiger partial charge is 0.485 e. The Labute approximate surface area is 169 Å². The van der Waals surface area contributed by atoms with Gasteiger partial charge in [-0.05, 0) is 36.2 Å². The van der Waals surface area contributed by atoms with Crippen LogP contribution >= 0.6 is 0 Å². The molecule has 29 heavy (non-hydrogen) atoms. The van der Waals surface area contributed by atoms with Gasteiger partial charge in [0.25, 0.3) is 0 Å². The fourth-order valence-electron chi connectivity index (χ4n) is 4.00. The molecule has 148 valence electrons. The number of para-hydroxylation sites is 1. The number of likely N-dealkylation sites (N-methyl/N-ethyl adjacent to an activating group) is 1. The second-order valence-electron chi connectivity index (χ2n) is 7.89. The van der Waals surface area contributed by atoms with Gasteiger partial charge >= 0.3 is 5.63 Å². The summed E-state index contributed by atoms with van der Waals surface area (Å²) in [6.45, 7) is 5.99. The van der Waals surface area contributed by atoms with Crippen LogP contribution in [0.15, 0.2) is 69.5 Å². The predicted molar refractivity (Wildman–Crippen MR) is 114 cm³/mol. The zero-order valence-corrected chi connectivity index (χ0v) is 17.0. The number of ether oxygens (including phenoxy) is 1. The molecule has 0 spiro atoms. The van der Waals surface area contributed by atoms with Crippen LogP contribution in [0.5, 0.6) is 5.75 Å². The zero-order chi connectivity index (χ0) is 20.8. The second kappa shape index (κ2) is 6.92. The van der Waals surface area contributed by atoms with Crippen LogP contribution in [0, 0.1) is 6.92 Å². The molecule has 5 nitrogen and oxygen atoms in total. The summed E-state index contributed by atoms with van der Waals surface area (Å²) in [6, 6.07) is 14.9. The summed E-state index contributed by atoms with van der Waals surface area (Å²) in [7, 11) is 1.97. The minimum atomic E-state index is -0.404. The number of aryl methyl sites for hydroxylation is 1. The molecular weight excluding hydrogens is 366 g/mol. The van der Waals surface area contributed by atoms with Crippen molar-refractivity contribution in [2.45, 2.75) is 26.2 Å². The first-order valence-corrected chi connectivity index (χ1v) is 9.53. The first kappa shape index (κ1) is 19.0. The van der Waals surface area contributed by atoms with Gasteiger partial charge < -0.3 is 14.1 Å². The molecule has 0 saturated heterocycles. The number of hydrogen-bond donors (Lipinski definition) is 0. The van der Waals surface area contributed by atoms with Crippen LogP contribution in [0.25, 0.3) is 11.0 Å². The molecule has 2 heterocycles. The number of hydrogen-bond acceptors (Lipinski definition) is 5. The summed E-state index contributed by atoms with van der Waals surface area (Å²) in [5, 5.41) is 0.845. The van der Waals surface area contributed by atoms with Crippen molar-refractivity contribution in [3.63, 3.8) is 0 Å². The smallest absolute Gasteiger partial charge is 0.336 e. The van der Waals surface area contributed by atoms with E-state index >= 15 is 0 Å². The highest BCUT2D eigenvalue weighted by molar-refractivity contribution is 5.93. The maximum Gasteiger partial charge on any atom is 0.336 e. The molecule has 0 unspecified atom stereocenters. The van der Waals surface area contributed by atoms with E-state index in [1.165, 1.54) is 11.6 Å². The van der Waals surface area contributed by atoms with E-state index in [2.05, 4.69) is 30.9 Å². The van der Waals surface area contributed by atoms with Gasteiger partial charge in [0.05, 0.1) is 0 Å². The summed E-state index contributed by atoms with van der Waals surface area (Å²) in [4.78, 5) is 26.3. The number of benzene rings is 2. The van der Waals surface area contributed by atoms with Gasteiger partial charge in [-0.1, -0.05) is 32.0 Å². The Kier molecular flexibility index (Phi) is 4.53. The summed E-state index contributed by atoms with van der Waals surface area (Å²) in [5.74, 6) is 0.360. The molecule has 2 aromatic carbocycles. The highest BCUT2D eigenvalue weighted by atomic mass is 16.5. The maximum atomic E-state index is 12.6. The Morgan fingerprint density at radius 2 is 1.93 bits per heavy atom. The van der Waals surface area contributed by atoms with Crippen molar-refractivity contribution in [1.82, 2.24) is 0 Å². The minimum absolute atomic E-state index is 0.0919. The van der Waals surface area contributed by atoms with E-state index in [0.717, 1.165) is 22.3 Å². The van der Waals surface area contributed by atoms with E-state index in [4.69, 9.17) is 9.15 Å². The van der Waals surface area contributed by atoms with Gasteiger partial charge in [0.1, 0.15) is 11.3 Å². The number of fused-ring (bicyclic) bond motifs is 2. The van der Waals surface area contributed by atoms with Gasteiger partial charge in [0, 0.05) is 47.4 Å². The third kappa shape index (κ3) is 3.33. The fourth-order valence-corrected chi connectivity index (χ4v) is 4.00. The van der Waals surface area contributed by atoms with Crippen LogP contribution in [-0.2, 0) is 10.2 Å². The van der Waals surface area contributed by atoms with Crippen molar-refractivity contribution in [3.05, 3.63) is 81.9 Å². The summed E-state index contributed by atoms with van der Waals surface area (Å²) in [6.07, 6.45) is 1.66. The molecular formula is C24H23NO4. The molecule has 1 aromatic heterocycles. The van der Waals surface area contributed by atoms with Crippen molar-refractivity contribution in [2.24, 2.45) is 0 Å². The van der Waals surface area contributed by atoms with Gasteiger partial charge in [0.2, 0.25) is 0 Å². The molecule has 0 N–H and O–H groups in total. The second-order valence-corrected chi connectivity index (χ2v) is 7.89. The Balaban J connectivity index is 1.54. The van der Waals surface area contributed by atoms with E-state index in [1.54, 1.807) is 18.2 Å². The van der Waals surface area contributed by atoms with Crippen molar-refractivity contribution in [2.75, 3.05) is 18.6 Å². The number of carbonyl (C=O) groups excluding carboxylic acids is 1. The number of allylic oxidation sites excluding steroid dienone is 1. The fraction of sp³-hybridized carbons (Fsp3) is 0.250. The SMILES string of the molecule is Cc1cc(=O)oc2cc(OCC(=O)/C=C3/N(C)c4ccccc4C3(C)C)ccc12. The molecule has 0 saturated carbocycles. The van der Waals surface area contributed by atoms with Crippen LogP contribution in [0.2, 0.25) is 0 Å². The molecule has 0 fully saturated rings. The van der Waals surface area contributed by atoms with E-state index in [-0.39, 0.29) is 17.8 Å².